The van der Waals surface area contributed by atoms with Gasteiger partial charge in [0.05, 0.1) is 13.0 Å². The molecule has 0 spiro atoms. The van der Waals surface area contributed by atoms with E-state index < -0.39 is 42.4 Å². The van der Waals surface area contributed by atoms with Gasteiger partial charge < -0.3 is 42.6 Å². The Morgan fingerprint density at radius 1 is 0.897 bits per heavy atom. The molecule has 1 aromatic carbocycles. The molecule has 1 aromatic heterocycles. The molecular weight excluding hydrogens is 388 g/mol. The number of aromatic amines is 1. The van der Waals surface area contributed by atoms with Gasteiger partial charge in [-0.25, -0.2) is 0 Å². The Morgan fingerprint density at radius 2 is 1.41 bits per heavy atom. The first-order chi connectivity index (χ1) is 13.5. The summed E-state index contributed by atoms with van der Waals surface area (Å²) in [6.07, 6.45) is 1.63. The predicted octanol–water partition coefficient (Wildman–Crippen LogP) is -0.975. The molecule has 12 heteroatoms. The lowest BCUT2D eigenvalue weighted by molar-refractivity contribution is -0.144. The Morgan fingerprint density at radius 3 is 1.83 bits per heavy atom. The SMILES string of the molecule is NCC(=O)O.N[C@@H](CC(=O)O)C(=O)O.N[C@@H](Cc1c[nH]c2ccccc12)C(=O)O. The van der Waals surface area contributed by atoms with E-state index in [4.69, 9.17) is 31.9 Å². The number of H-pyrrole nitrogens is 1. The van der Waals surface area contributed by atoms with Crippen LogP contribution in [0.25, 0.3) is 10.9 Å². The molecule has 1 heterocycles. The van der Waals surface area contributed by atoms with E-state index in [9.17, 15) is 19.2 Å². The van der Waals surface area contributed by atoms with Crippen molar-refractivity contribution in [2.45, 2.75) is 24.9 Å². The van der Waals surface area contributed by atoms with Crippen molar-refractivity contribution in [1.29, 1.82) is 0 Å². The summed E-state index contributed by atoms with van der Waals surface area (Å²) in [5.74, 6) is -4.44. The van der Waals surface area contributed by atoms with Crippen LogP contribution in [0.4, 0.5) is 0 Å². The van der Waals surface area contributed by atoms with Crippen LogP contribution in [-0.4, -0.2) is 67.9 Å². The van der Waals surface area contributed by atoms with E-state index in [1.54, 1.807) is 0 Å². The maximum absolute atomic E-state index is 10.6. The van der Waals surface area contributed by atoms with E-state index in [1.165, 1.54) is 0 Å². The number of hydrogen-bond acceptors (Lipinski definition) is 7. The maximum Gasteiger partial charge on any atom is 0.321 e. The number of aromatic nitrogens is 1. The molecule has 29 heavy (non-hydrogen) atoms. The largest absolute Gasteiger partial charge is 0.481 e. The van der Waals surface area contributed by atoms with Crippen molar-refractivity contribution < 1.29 is 39.6 Å². The lowest BCUT2D eigenvalue weighted by Crippen LogP contribution is -2.32. The number of rotatable bonds is 7. The van der Waals surface area contributed by atoms with Crippen molar-refractivity contribution in [2.75, 3.05) is 6.54 Å². The highest BCUT2D eigenvalue weighted by Crippen LogP contribution is 2.18. The first kappa shape index (κ1) is 25.5. The standard InChI is InChI=1S/C11H12N2O2.C4H7NO4.C2H5NO2/c12-9(11(14)15)5-7-6-13-10-4-2-1-3-8(7)10;5-2(4(8)9)1-3(6)7;3-1-2(4)5/h1-4,6,9,13H,5,12H2,(H,14,15);2H,1,5H2,(H,6,7)(H,8,9);1,3H2,(H,4,5)/t9-;2-;/m00./s1. The van der Waals surface area contributed by atoms with Crippen LogP contribution < -0.4 is 17.2 Å². The van der Waals surface area contributed by atoms with Crippen LogP contribution in [0, 0.1) is 0 Å². The van der Waals surface area contributed by atoms with Crippen molar-refractivity contribution in [3.05, 3.63) is 36.0 Å². The quantitative estimate of drug-likeness (QED) is 0.275. The van der Waals surface area contributed by atoms with Crippen molar-refractivity contribution in [1.82, 2.24) is 4.98 Å². The maximum atomic E-state index is 10.6. The molecule has 12 nitrogen and oxygen atoms in total. The molecule has 11 N–H and O–H groups in total. The van der Waals surface area contributed by atoms with Gasteiger partial charge in [0.2, 0.25) is 0 Å². The molecule has 0 bridgehead atoms. The molecule has 2 rings (SSSR count). The third-order valence-corrected chi connectivity index (χ3v) is 3.32. The van der Waals surface area contributed by atoms with Crippen molar-refractivity contribution in [2.24, 2.45) is 17.2 Å². The number of carbonyl (C=O) groups is 4. The van der Waals surface area contributed by atoms with Crippen molar-refractivity contribution in [3.63, 3.8) is 0 Å². The summed E-state index contributed by atoms with van der Waals surface area (Å²) >= 11 is 0. The van der Waals surface area contributed by atoms with Crippen LogP contribution in [0.3, 0.4) is 0 Å². The number of para-hydroxylation sites is 1. The number of fused-ring (bicyclic) bond motifs is 1. The van der Waals surface area contributed by atoms with E-state index in [2.05, 4.69) is 10.7 Å². The lowest BCUT2D eigenvalue weighted by atomic mass is 10.1. The smallest absolute Gasteiger partial charge is 0.321 e. The molecule has 2 aromatic rings. The van der Waals surface area contributed by atoms with E-state index in [1.807, 2.05) is 30.5 Å². The fourth-order valence-electron chi connectivity index (χ4n) is 1.90. The second kappa shape index (κ2) is 12.8. The normalized spacial score (nSPS) is 11.8. The third-order valence-electron chi connectivity index (χ3n) is 3.32. The molecule has 0 saturated heterocycles. The van der Waals surface area contributed by atoms with Gasteiger partial charge >= 0.3 is 23.9 Å². The Labute approximate surface area is 164 Å². The Kier molecular flexibility index (Phi) is 11.3. The molecule has 2 atom stereocenters. The van der Waals surface area contributed by atoms with E-state index in [0.717, 1.165) is 16.5 Å². The number of carboxylic acid groups (broad SMARTS) is 4. The van der Waals surface area contributed by atoms with Crippen molar-refractivity contribution >= 4 is 34.8 Å². The van der Waals surface area contributed by atoms with Gasteiger partial charge in [0.1, 0.15) is 12.1 Å². The fraction of sp³-hybridized carbons (Fsp3) is 0.294. The van der Waals surface area contributed by atoms with Crippen molar-refractivity contribution in [3.8, 4) is 0 Å². The molecule has 0 radical (unpaired) electrons. The molecule has 160 valence electrons. The van der Waals surface area contributed by atoms with E-state index in [-0.39, 0.29) is 6.54 Å². The summed E-state index contributed by atoms with van der Waals surface area (Å²) in [4.78, 5) is 42.6. The monoisotopic (exact) mass is 412 g/mol. The Hall–Kier alpha value is -3.48. The minimum absolute atomic E-state index is 0.278. The Balaban J connectivity index is 0.000000479. The van der Waals surface area contributed by atoms with Crippen LogP contribution >= 0.6 is 0 Å². The second-order valence-electron chi connectivity index (χ2n) is 5.65. The highest BCUT2D eigenvalue weighted by atomic mass is 16.4. The molecule has 0 aliphatic heterocycles. The van der Waals surface area contributed by atoms with Crippen LogP contribution in [0.15, 0.2) is 30.5 Å². The van der Waals surface area contributed by atoms with Gasteiger partial charge in [0, 0.05) is 23.5 Å². The van der Waals surface area contributed by atoms with Gasteiger partial charge in [0.15, 0.2) is 0 Å². The van der Waals surface area contributed by atoms with Gasteiger partial charge in [-0.15, -0.1) is 0 Å². The molecule has 0 fully saturated rings. The highest BCUT2D eigenvalue weighted by molar-refractivity contribution is 5.84. The molecular formula is C17H24N4O8. The fourth-order valence-corrected chi connectivity index (χ4v) is 1.90. The summed E-state index contributed by atoms with van der Waals surface area (Å²) in [5, 5.41) is 33.4. The van der Waals surface area contributed by atoms with E-state index in [0.29, 0.717) is 6.42 Å². The highest BCUT2D eigenvalue weighted by Gasteiger charge is 2.15. The number of aliphatic carboxylic acids is 4. The first-order valence-electron chi connectivity index (χ1n) is 8.15. The third kappa shape index (κ3) is 10.4. The minimum atomic E-state index is -1.29. The topological polar surface area (TPSA) is 243 Å². The summed E-state index contributed by atoms with van der Waals surface area (Å²) in [6.45, 7) is -0.278. The molecule has 0 unspecified atom stereocenters. The second-order valence-corrected chi connectivity index (χ2v) is 5.65. The number of carboxylic acids is 4. The zero-order valence-corrected chi connectivity index (χ0v) is 15.3. The average molecular weight is 412 g/mol. The Bertz CT molecular complexity index is 836. The zero-order chi connectivity index (χ0) is 22.6. The molecule has 0 aliphatic carbocycles. The van der Waals surface area contributed by atoms with E-state index >= 15 is 0 Å². The van der Waals surface area contributed by atoms with Crippen LogP contribution in [-0.2, 0) is 25.6 Å². The van der Waals surface area contributed by atoms with Gasteiger partial charge in [-0.1, -0.05) is 18.2 Å². The average Bonchev–Trinajstić information content (AvgIpc) is 3.05. The summed E-state index contributed by atoms with van der Waals surface area (Å²) in [5.41, 5.74) is 16.8. The molecule has 0 saturated carbocycles. The van der Waals surface area contributed by atoms with Gasteiger partial charge in [-0.05, 0) is 11.6 Å². The van der Waals surface area contributed by atoms with Crippen LogP contribution in [0.1, 0.15) is 12.0 Å². The summed E-state index contributed by atoms with van der Waals surface area (Å²) in [7, 11) is 0. The first-order valence-corrected chi connectivity index (χ1v) is 8.15. The number of nitrogens with one attached hydrogen (secondary N) is 1. The zero-order valence-electron chi connectivity index (χ0n) is 15.3. The van der Waals surface area contributed by atoms with Gasteiger partial charge in [-0.3, -0.25) is 19.2 Å². The predicted molar refractivity (Wildman–Crippen MR) is 102 cm³/mol. The number of hydrogen-bond donors (Lipinski definition) is 8. The van der Waals surface area contributed by atoms with Gasteiger partial charge in [-0.2, -0.15) is 0 Å². The summed E-state index contributed by atoms with van der Waals surface area (Å²) in [6, 6.07) is 5.62. The lowest BCUT2D eigenvalue weighted by Gasteiger charge is -2.04. The minimum Gasteiger partial charge on any atom is -0.481 e. The summed E-state index contributed by atoms with van der Waals surface area (Å²) < 4.78 is 0. The van der Waals surface area contributed by atoms with Crippen LogP contribution in [0.2, 0.25) is 0 Å². The molecule has 0 aliphatic rings. The number of benzene rings is 1. The van der Waals surface area contributed by atoms with Crippen LogP contribution in [0.5, 0.6) is 0 Å². The number of nitrogens with two attached hydrogens (primary N) is 3. The van der Waals surface area contributed by atoms with Gasteiger partial charge in [0.25, 0.3) is 0 Å². The molecule has 0 amide bonds.